The van der Waals surface area contributed by atoms with E-state index in [0.29, 0.717) is 0 Å². The first kappa shape index (κ1) is 23.5. The first-order valence-electron chi connectivity index (χ1n) is 13.8. The summed E-state index contributed by atoms with van der Waals surface area (Å²) in [4.78, 5) is 0. The molecule has 0 nitrogen and oxygen atoms in total. The van der Waals surface area contributed by atoms with Crippen molar-refractivity contribution < 1.29 is 0 Å². The number of hydrogen-bond acceptors (Lipinski definition) is 0. The van der Waals surface area contributed by atoms with Crippen LogP contribution in [0.25, 0.3) is 44.5 Å². The van der Waals surface area contributed by atoms with Gasteiger partial charge in [-0.2, -0.15) is 0 Å². The molecule has 0 heteroatoms. The maximum atomic E-state index is 2.46. The molecule has 0 aromatic heterocycles. The fourth-order valence-electron chi connectivity index (χ4n) is 5.94. The summed E-state index contributed by atoms with van der Waals surface area (Å²) in [5, 5.41) is 0. The second-order valence-corrected chi connectivity index (χ2v) is 10.3. The predicted octanol–water partition coefficient (Wildman–Crippen LogP) is 10.4. The van der Waals surface area contributed by atoms with E-state index < -0.39 is 0 Å². The van der Waals surface area contributed by atoms with Crippen LogP contribution in [0.2, 0.25) is 0 Å². The maximum Gasteiger partial charge on any atom is -0.000705 e. The summed E-state index contributed by atoms with van der Waals surface area (Å²) in [7, 11) is 0. The molecule has 0 saturated heterocycles. The highest BCUT2D eigenvalue weighted by molar-refractivity contribution is 6.01. The van der Waals surface area contributed by atoms with Gasteiger partial charge in [0.2, 0.25) is 0 Å². The first-order chi connectivity index (χ1) is 18.3. The molecule has 5 aromatic carbocycles. The van der Waals surface area contributed by atoms with E-state index in [1.807, 2.05) is 0 Å². The molecule has 182 valence electrons. The van der Waals surface area contributed by atoms with Crippen LogP contribution in [-0.2, 0) is 12.8 Å². The Bertz CT molecular complexity index is 1490. The molecule has 1 aliphatic rings. The van der Waals surface area contributed by atoms with Gasteiger partial charge in [0, 0.05) is 0 Å². The average molecular weight is 479 g/mol. The largest absolute Gasteiger partial charge is 0.0654 e. The minimum absolute atomic E-state index is 0.979. The van der Waals surface area contributed by atoms with Gasteiger partial charge in [0.25, 0.3) is 0 Å². The standard InChI is InChI=1S/C37H34/c1-2-3-4-7-14-27-21-23-28(24-22-27)33-26-34-32-20-13-12-19-31(32)25-35(34)37(30-17-10-6-11-18-30)36(33)29-15-8-5-9-16-29/h5-6,8-13,15-24,26H,2-4,7,14,25H2,1H3. The molecule has 6 rings (SSSR count). The van der Waals surface area contributed by atoms with Crippen molar-refractivity contribution in [2.45, 2.75) is 45.4 Å². The summed E-state index contributed by atoms with van der Waals surface area (Å²) in [6.07, 6.45) is 7.35. The lowest BCUT2D eigenvalue weighted by Crippen LogP contribution is -1.97. The molecule has 0 bridgehead atoms. The third-order valence-corrected chi connectivity index (χ3v) is 7.82. The molecule has 37 heavy (non-hydrogen) atoms. The van der Waals surface area contributed by atoms with E-state index in [2.05, 4.69) is 122 Å². The highest BCUT2D eigenvalue weighted by Crippen LogP contribution is 2.50. The van der Waals surface area contributed by atoms with E-state index in [1.165, 1.54) is 93.3 Å². The molecular weight excluding hydrogens is 444 g/mol. The van der Waals surface area contributed by atoms with Gasteiger partial charge in [0.1, 0.15) is 0 Å². The Balaban J connectivity index is 1.56. The number of rotatable bonds is 8. The van der Waals surface area contributed by atoms with Crippen LogP contribution in [0.3, 0.4) is 0 Å². The highest BCUT2D eigenvalue weighted by Gasteiger charge is 2.27. The van der Waals surface area contributed by atoms with Gasteiger partial charge >= 0.3 is 0 Å². The average Bonchev–Trinajstić information content (AvgIpc) is 3.34. The van der Waals surface area contributed by atoms with E-state index in [-0.39, 0.29) is 0 Å². The van der Waals surface area contributed by atoms with Crippen molar-refractivity contribution in [3.8, 4) is 44.5 Å². The van der Waals surface area contributed by atoms with Gasteiger partial charge in [-0.3, -0.25) is 0 Å². The molecule has 0 heterocycles. The molecular formula is C37H34. The van der Waals surface area contributed by atoms with Crippen LogP contribution in [-0.4, -0.2) is 0 Å². The Kier molecular flexibility index (Phi) is 6.74. The second-order valence-electron chi connectivity index (χ2n) is 10.3. The molecule has 0 atom stereocenters. The quantitative estimate of drug-likeness (QED) is 0.191. The SMILES string of the molecule is CCCCCCc1ccc(-c2cc3c(c(-c4ccccc4)c2-c2ccccc2)Cc2ccccc2-3)cc1. The van der Waals surface area contributed by atoms with Gasteiger partial charge in [0.15, 0.2) is 0 Å². The summed E-state index contributed by atoms with van der Waals surface area (Å²) in [6, 6.07) is 42.7. The molecule has 0 saturated carbocycles. The lowest BCUT2D eigenvalue weighted by molar-refractivity contribution is 0.667. The Hall–Kier alpha value is -3.90. The Morgan fingerprint density at radius 1 is 0.514 bits per heavy atom. The topological polar surface area (TPSA) is 0 Å². The molecule has 0 aliphatic heterocycles. The molecule has 0 radical (unpaired) electrons. The van der Waals surface area contributed by atoms with Crippen molar-refractivity contribution in [3.05, 3.63) is 132 Å². The smallest absolute Gasteiger partial charge is 0.000705 e. The second kappa shape index (κ2) is 10.6. The molecule has 0 spiro atoms. The third-order valence-electron chi connectivity index (χ3n) is 7.82. The summed E-state index contributed by atoms with van der Waals surface area (Å²) in [5.41, 5.74) is 15.0. The number of benzene rings is 5. The van der Waals surface area contributed by atoms with E-state index in [1.54, 1.807) is 0 Å². The first-order valence-corrected chi connectivity index (χ1v) is 13.8. The van der Waals surface area contributed by atoms with Crippen LogP contribution in [0.15, 0.2) is 115 Å². The van der Waals surface area contributed by atoms with Crippen molar-refractivity contribution in [2.75, 3.05) is 0 Å². The predicted molar refractivity (Wildman–Crippen MR) is 159 cm³/mol. The number of hydrogen-bond donors (Lipinski definition) is 0. The summed E-state index contributed by atoms with van der Waals surface area (Å²) < 4.78 is 0. The lowest BCUT2D eigenvalue weighted by Gasteiger charge is -2.21. The lowest BCUT2D eigenvalue weighted by atomic mass is 9.82. The molecule has 1 aliphatic carbocycles. The van der Waals surface area contributed by atoms with Crippen molar-refractivity contribution >= 4 is 0 Å². The summed E-state index contributed by atoms with van der Waals surface area (Å²) in [6.45, 7) is 2.28. The van der Waals surface area contributed by atoms with Crippen LogP contribution < -0.4 is 0 Å². The minimum atomic E-state index is 0.979. The van der Waals surface area contributed by atoms with Gasteiger partial charge in [-0.05, 0) is 86.5 Å². The van der Waals surface area contributed by atoms with Crippen LogP contribution in [0, 0.1) is 0 Å². The minimum Gasteiger partial charge on any atom is -0.0654 e. The zero-order chi connectivity index (χ0) is 25.0. The Morgan fingerprint density at radius 2 is 1.16 bits per heavy atom. The Labute approximate surface area is 221 Å². The van der Waals surface area contributed by atoms with Crippen LogP contribution in [0.5, 0.6) is 0 Å². The third kappa shape index (κ3) is 4.65. The monoisotopic (exact) mass is 478 g/mol. The van der Waals surface area contributed by atoms with Gasteiger partial charge < -0.3 is 0 Å². The van der Waals surface area contributed by atoms with Crippen LogP contribution >= 0.6 is 0 Å². The van der Waals surface area contributed by atoms with E-state index in [0.717, 1.165) is 6.42 Å². The van der Waals surface area contributed by atoms with Crippen molar-refractivity contribution in [2.24, 2.45) is 0 Å². The molecule has 0 N–H and O–H groups in total. The fourth-order valence-corrected chi connectivity index (χ4v) is 5.94. The van der Waals surface area contributed by atoms with E-state index >= 15 is 0 Å². The fraction of sp³-hybridized carbons (Fsp3) is 0.189. The zero-order valence-electron chi connectivity index (χ0n) is 21.7. The van der Waals surface area contributed by atoms with Crippen LogP contribution in [0.1, 0.15) is 49.3 Å². The number of unbranched alkanes of at least 4 members (excludes halogenated alkanes) is 3. The van der Waals surface area contributed by atoms with Gasteiger partial charge in [-0.1, -0.05) is 135 Å². The van der Waals surface area contributed by atoms with Crippen LogP contribution in [0.4, 0.5) is 0 Å². The molecule has 0 amide bonds. The number of aryl methyl sites for hydroxylation is 1. The molecule has 5 aromatic rings. The van der Waals surface area contributed by atoms with Gasteiger partial charge in [-0.15, -0.1) is 0 Å². The zero-order valence-corrected chi connectivity index (χ0v) is 21.7. The normalized spacial score (nSPS) is 11.8. The highest BCUT2D eigenvalue weighted by atomic mass is 14.3. The maximum absolute atomic E-state index is 2.46. The van der Waals surface area contributed by atoms with Gasteiger partial charge in [-0.25, -0.2) is 0 Å². The Morgan fingerprint density at radius 3 is 1.86 bits per heavy atom. The van der Waals surface area contributed by atoms with Crippen molar-refractivity contribution in [1.29, 1.82) is 0 Å². The summed E-state index contributed by atoms with van der Waals surface area (Å²) >= 11 is 0. The molecule has 0 unspecified atom stereocenters. The molecule has 0 fully saturated rings. The summed E-state index contributed by atoms with van der Waals surface area (Å²) in [5.74, 6) is 0. The number of fused-ring (bicyclic) bond motifs is 3. The van der Waals surface area contributed by atoms with Crippen molar-refractivity contribution in [3.63, 3.8) is 0 Å². The van der Waals surface area contributed by atoms with Crippen molar-refractivity contribution in [1.82, 2.24) is 0 Å². The van der Waals surface area contributed by atoms with E-state index in [4.69, 9.17) is 0 Å². The van der Waals surface area contributed by atoms with E-state index in [9.17, 15) is 0 Å². The van der Waals surface area contributed by atoms with Gasteiger partial charge in [0.05, 0.1) is 0 Å².